The van der Waals surface area contributed by atoms with Crippen LogP contribution in [0.4, 0.5) is 0 Å². The zero-order valence-corrected chi connectivity index (χ0v) is 35.3. The molecule has 1 aliphatic heterocycles. The van der Waals surface area contributed by atoms with Crippen LogP contribution in [0.2, 0.25) is 0 Å². The van der Waals surface area contributed by atoms with Crippen molar-refractivity contribution in [1.82, 2.24) is 25.3 Å². The lowest BCUT2D eigenvalue weighted by Gasteiger charge is -2.41. The van der Waals surface area contributed by atoms with Gasteiger partial charge in [0.2, 0.25) is 23.6 Å². The van der Waals surface area contributed by atoms with Gasteiger partial charge in [0.25, 0.3) is 0 Å². The summed E-state index contributed by atoms with van der Waals surface area (Å²) in [5, 5.41) is 6.12. The molecule has 4 amide bonds. The Morgan fingerprint density at radius 2 is 1.62 bits per heavy atom. The van der Waals surface area contributed by atoms with Gasteiger partial charge in [0.1, 0.15) is 6.04 Å². The Balaban J connectivity index is 2.26. The van der Waals surface area contributed by atoms with E-state index in [1.807, 2.05) is 69.8 Å². The van der Waals surface area contributed by atoms with E-state index in [9.17, 15) is 19.2 Å². The van der Waals surface area contributed by atoms with Gasteiger partial charge in [-0.25, -0.2) is 0 Å². The first-order valence-corrected chi connectivity index (χ1v) is 20.2. The number of nitrogens with one attached hydrogen (secondary N) is 2. The summed E-state index contributed by atoms with van der Waals surface area (Å²) in [6, 6.07) is 8.55. The number of hydrogen-bond acceptors (Lipinski definition) is 7. The number of hydrogen-bond donors (Lipinski definition) is 2. The lowest BCUT2D eigenvalue weighted by molar-refractivity contribution is -0.146. The molecule has 1 aromatic rings. The van der Waals surface area contributed by atoms with Crippen molar-refractivity contribution in [1.29, 1.82) is 0 Å². The van der Waals surface area contributed by atoms with Gasteiger partial charge < -0.3 is 25.2 Å². The number of ether oxygens (including phenoxy) is 1. The van der Waals surface area contributed by atoms with Crippen LogP contribution < -0.4 is 10.6 Å². The fraction of sp³-hybridized carbons (Fsp3) is 0.756. The molecule has 296 valence electrons. The lowest BCUT2D eigenvalue weighted by atomic mass is 9.89. The number of rotatable bonds is 20. The van der Waals surface area contributed by atoms with Crippen molar-refractivity contribution >= 4 is 35.4 Å². The molecule has 6 unspecified atom stereocenters. The molecule has 0 aliphatic carbocycles. The van der Waals surface area contributed by atoms with E-state index < -0.39 is 18.2 Å². The van der Waals surface area contributed by atoms with Crippen molar-refractivity contribution in [2.75, 3.05) is 41.3 Å². The minimum atomic E-state index is -0.726. The summed E-state index contributed by atoms with van der Waals surface area (Å²) in [4.78, 5) is 60.8. The highest BCUT2D eigenvalue weighted by Gasteiger charge is 2.42. The van der Waals surface area contributed by atoms with Gasteiger partial charge in [0.05, 0.1) is 24.6 Å². The molecule has 52 heavy (non-hydrogen) atoms. The SMILES string of the molecule is CCC(C)C(C(CC(=O)N1CCCC1[C@H](CC(=O)NCCc1ccccc1)SC(C)(C)C)OC)N(C)C(=O)C(NC(=O)C(C(C)C)N(C)C)C(C)C. The number of thioether (sulfide) groups is 1. The Bertz CT molecular complexity index is 1260. The molecule has 10 nitrogen and oxygen atoms in total. The van der Waals surface area contributed by atoms with E-state index in [2.05, 4.69) is 57.4 Å². The number of methoxy groups -OCH3 is 1. The molecular formula is C41H71N5O5S. The van der Waals surface area contributed by atoms with Gasteiger partial charge in [-0.05, 0) is 56.7 Å². The van der Waals surface area contributed by atoms with Crippen molar-refractivity contribution in [2.45, 2.75) is 141 Å². The molecule has 1 aromatic carbocycles. The van der Waals surface area contributed by atoms with Gasteiger partial charge >= 0.3 is 0 Å². The minimum absolute atomic E-state index is 0.000754. The van der Waals surface area contributed by atoms with Crippen molar-refractivity contribution in [3.8, 4) is 0 Å². The summed E-state index contributed by atoms with van der Waals surface area (Å²) >= 11 is 1.77. The van der Waals surface area contributed by atoms with Gasteiger partial charge in [-0.2, -0.15) is 0 Å². The maximum absolute atomic E-state index is 14.3. The average molecular weight is 746 g/mol. The number of carbonyl (C=O) groups is 4. The van der Waals surface area contributed by atoms with Gasteiger partial charge in [0.15, 0.2) is 0 Å². The van der Waals surface area contributed by atoms with Crippen LogP contribution in [0.15, 0.2) is 30.3 Å². The Kier molecular flexibility index (Phi) is 18.7. The number of benzene rings is 1. The molecule has 2 N–H and O–H groups in total. The predicted octanol–water partition coefficient (Wildman–Crippen LogP) is 5.63. The topological polar surface area (TPSA) is 111 Å². The van der Waals surface area contributed by atoms with Crippen LogP contribution >= 0.6 is 11.8 Å². The number of amides is 4. The Labute approximate surface area is 319 Å². The summed E-state index contributed by atoms with van der Waals surface area (Å²) in [5.41, 5.74) is 1.18. The van der Waals surface area contributed by atoms with Gasteiger partial charge in [-0.15, -0.1) is 11.8 Å². The van der Waals surface area contributed by atoms with E-state index in [1.54, 1.807) is 30.8 Å². The molecule has 1 fully saturated rings. The molecule has 2 rings (SSSR count). The smallest absolute Gasteiger partial charge is 0.245 e. The largest absolute Gasteiger partial charge is 0.379 e. The average Bonchev–Trinajstić information content (AvgIpc) is 3.56. The van der Waals surface area contributed by atoms with E-state index in [4.69, 9.17) is 4.74 Å². The van der Waals surface area contributed by atoms with E-state index >= 15 is 0 Å². The van der Waals surface area contributed by atoms with Crippen molar-refractivity contribution in [2.24, 2.45) is 17.8 Å². The normalized spacial score (nSPS) is 18.5. The summed E-state index contributed by atoms with van der Waals surface area (Å²) < 4.78 is 5.98. The second-order valence-corrected chi connectivity index (χ2v) is 18.6. The third-order valence-electron chi connectivity index (χ3n) is 10.3. The standard InChI is InChI=1S/C41H71N5O5S/c1-14-29(6)38(45(12)40(50)36(27(2)3)43-39(49)37(28(4)5)44(10)11)32(51-13)25-35(48)46-24-18-21-31(46)33(52-41(7,8)9)26-34(47)42-23-22-30-19-16-15-17-20-30/h15-17,19-20,27-29,31-33,36-38H,14,18,21-26H2,1-13H3,(H,42,47)(H,43,49)/t29?,31?,32?,33-,36?,37?,38?/m0/s1. The first-order chi connectivity index (χ1) is 24.3. The predicted molar refractivity (Wildman–Crippen MR) is 214 cm³/mol. The Morgan fingerprint density at radius 1 is 0.981 bits per heavy atom. The molecule has 0 saturated carbocycles. The van der Waals surface area contributed by atoms with Crippen LogP contribution in [0.1, 0.15) is 100.0 Å². The highest BCUT2D eigenvalue weighted by atomic mass is 32.2. The van der Waals surface area contributed by atoms with Gasteiger partial charge in [-0.1, -0.05) is 99.1 Å². The number of likely N-dealkylation sites (tertiary alicyclic amines) is 1. The molecule has 1 saturated heterocycles. The van der Waals surface area contributed by atoms with E-state index in [0.717, 1.165) is 25.7 Å². The summed E-state index contributed by atoms with van der Waals surface area (Å²) in [5.74, 6) is -0.439. The zero-order chi connectivity index (χ0) is 39.3. The summed E-state index contributed by atoms with van der Waals surface area (Å²) in [6.07, 6.45) is 3.15. The maximum Gasteiger partial charge on any atom is 0.245 e. The number of carbonyl (C=O) groups excluding carboxylic acids is 4. The van der Waals surface area contributed by atoms with Crippen LogP contribution in [0.3, 0.4) is 0 Å². The van der Waals surface area contributed by atoms with Gasteiger partial charge in [0, 0.05) is 49.7 Å². The molecule has 0 spiro atoms. The highest BCUT2D eigenvalue weighted by molar-refractivity contribution is 8.01. The van der Waals surface area contributed by atoms with Crippen LogP contribution in [0.25, 0.3) is 0 Å². The fourth-order valence-electron chi connectivity index (χ4n) is 7.57. The van der Waals surface area contributed by atoms with E-state index in [0.29, 0.717) is 19.5 Å². The molecule has 0 bridgehead atoms. The molecule has 0 aromatic heterocycles. The molecule has 7 atom stereocenters. The fourth-order valence-corrected chi connectivity index (χ4v) is 9.15. The van der Waals surface area contributed by atoms with Crippen LogP contribution in [0, 0.1) is 17.8 Å². The Hall–Kier alpha value is -2.63. The van der Waals surface area contributed by atoms with Crippen LogP contribution in [0.5, 0.6) is 0 Å². The first-order valence-electron chi connectivity index (χ1n) is 19.4. The monoisotopic (exact) mass is 746 g/mol. The molecule has 1 heterocycles. The van der Waals surface area contributed by atoms with Crippen molar-refractivity contribution in [3.63, 3.8) is 0 Å². The van der Waals surface area contributed by atoms with Crippen LogP contribution in [-0.2, 0) is 30.3 Å². The molecule has 0 radical (unpaired) electrons. The number of likely N-dealkylation sites (N-methyl/N-ethyl adjacent to an activating group) is 2. The summed E-state index contributed by atoms with van der Waals surface area (Å²) in [7, 11) is 7.13. The lowest BCUT2D eigenvalue weighted by Crippen LogP contribution is -2.59. The zero-order valence-electron chi connectivity index (χ0n) is 34.5. The third kappa shape index (κ3) is 13.7. The van der Waals surface area contributed by atoms with Crippen LogP contribution in [-0.4, -0.2) is 120 Å². The minimum Gasteiger partial charge on any atom is -0.379 e. The quantitative estimate of drug-likeness (QED) is 0.178. The Morgan fingerprint density at radius 3 is 2.13 bits per heavy atom. The molecule has 1 aliphatic rings. The first kappa shape index (κ1) is 45.5. The number of nitrogens with zero attached hydrogens (tertiary/aromatic N) is 3. The van der Waals surface area contributed by atoms with E-state index in [-0.39, 0.29) is 69.9 Å². The van der Waals surface area contributed by atoms with E-state index in [1.165, 1.54) is 5.56 Å². The summed E-state index contributed by atoms with van der Waals surface area (Å²) in [6.45, 7) is 19.7. The third-order valence-corrected chi connectivity index (χ3v) is 11.8. The highest BCUT2D eigenvalue weighted by Crippen LogP contribution is 2.37. The maximum atomic E-state index is 14.3. The van der Waals surface area contributed by atoms with Gasteiger partial charge in [-0.3, -0.25) is 24.1 Å². The van der Waals surface area contributed by atoms with Crippen molar-refractivity contribution < 1.29 is 23.9 Å². The van der Waals surface area contributed by atoms with Crippen molar-refractivity contribution in [3.05, 3.63) is 35.9 Å². The molecular weight excluding hydrogens is 675 g/mol. The second-order valence-electron chi connectivity index (χ2n) is 16.5. The molecule has 11 heteroatoms. The second kappa shape index (κ2) is 21.3.